The van der Waals surface area contributed by atoms with Crippen LogP contribution in [-0.2, 0) is 6.54 Å². The molecule has 0 spiro atoms. The van der Waals surface area contributed by atoms with Gasteiger partial charge in [-0.3, -0.25) is 9.88 Å². The number of hydrogen-bond donors (Lipinski definition) is 2. The standard InChI is InChI=1S/C18H24N4OS/c1-22-9-3-6-15(17(22)16-7-4-10-24-16)13-21-18(23)20-12-14-5-2-8-19-11-14/h2,4-5,7-8,10-11,15,17H,3,6,9,12-13H2,1H3,(H2,20,21,23). The van der Waals surface area contributed by atoms with Crippen molar-refractivity contribution in [3.8, 4) is 0 Å². The molecule has 2 atom stereocenters. The van der Waals surface area contributed by atoms with Crippen molar-refractivity contribution in [3.05, 3.63) is 52.5 Å². The zero-order valence-corrected chi connectivity index (χ0v) is 14.8. The van der Waals surface area contributed by atoms with E-state index < -0.39 is 0 Å². The summed E-state index contributed by atoms with van der Waals surface area (Å²) in [5.74, 6) is 0.451. The molecule has 6 heteroatoms. The largest absolute Gasteiger partial charge is 0.338 e. The van der Waals surface area contributed by atoms with Crippen molar-refractivity contribution in [3.63, 3.8) is 0 Å². The summed E-state index contributed by atoms with van der Waals surface area (Å²) in [4.78, 5) is 19.9. The molecule has 0 saturated carbocycles. The van der Waals surface area contributed by atoms with Gasteiger partial charge in [0.1, 0.15) is 0 Å². The summed E-state index contributed by atoms with van der Waals surface area (Å²) in [5.41, 5.74) is 1.00. The molecule has 128 valence electrons. The van der Waals surface area contributed by atoms with Crippen LogP contribution in [0.15, 0.2) is 42.0 Å². The molecule has 2 aromatic heterocycles. The number of hydrogen-bond acceptors (Lipinski definition) is 4. The van der Waals surface area contributed by atoms with Gasteiger partial charge in [0.05, 0.1) is 0 Å². The van der Waals surface area contributed by atoms with E-state index in [1.54, 1.807) is 23.7 Å². The molecule has 2 unspecified atom stereocenters. The molecule has 3 rings (SSSR count). The average molecular weight is 344 g/mol. The maximum Gasteiger partial charge on any atom is 0.315 e. The minimum absolute atomic E-state index is 0.114. The Hall–Kier alpha value is -1.92. The first-order chi connectivity index (χ1) is 11.7. The molecule has 1 aliphatic heterocycles. The number of piperidine rings is 1. The molecule has 0 radical (unpaired) electrons. The van der Waals surface area contributed by atoms with Crippen LogP contribution in [0, 0.1) is 5.92 Å². The van der Waals surface area contributed by atoms with Gasteiger partial charge in [-0.05, 0) is 55.4 Å². The number of carbonyl (C=O) groups is 1. The van der Waals surface area contributed by atoms with Crippen LogP contribution in [0.25, 0.3) is 0 Å². The number of rotatable bonds is 5. The normalized spacial score (nSPS) is 21.4. The smallest absolute Gasteiger partial charge is 0.315 e. The van der Waals surface area contributed by atoms with Gasteiger partial charge in [0.2, 0.25) is 0 Å². The second-order valence-corrected chi connectivity index (χ2v) is 7.25. The lowest BCUT2D eigenvalue weighted by Crippen LogP contribution is -2.44. The van der Waals surface area contributed by atoms with Gasteiger partial charge >= 0.3 is 6.03 Å². The quantitative estimate of drug-likeness (QED) is 0.876. The highest BCUT2D eigenvalue weighted by Crippen LogP contribution is 2.36. The second-order valence-electron chi connectivity index (χ2n) is 6.27. The number of thiophene rings is 1. The summed E-state index contributed by atoms with van der Waals surface area (Å²) >= 11 is 1.80. The molecule has 2 amide bonds. The number of urea groups is 1. The van der Waals surface area contributed by atoms with E-state index in [9.17, 15) is 4.79 Å². The van der Waals surface area contributed by atoms with E-state index in [-0.39, 0.29) is 6.03 Å². The van der Waals surface area contributed by atoms with E-state index in [1.807, 2.05) is 12.1 Å². The number of nitrogens with one attached hydrogen (secondary N) is 2. The van der Waals surface area contributed by atoms with Gasteiger partial charge in [0.25, 0.3) is 0 Å². The summed E-state index contributed by atoms with van der Waals surface area (Å²) in [7, 11) is 2.18. The van der Waals surface area contributed by atoms with Crippen molar-refractivity contribution < 1.29 is 4.79 Å². The molecule has 0 bridgehead atoms. The molecule has 0 aliphatic carbocycles. The SMILES string of the molecule is CN1CCCC(CNC(=O)NCc2cccnc2)C1c1cccs1. The number of aromatic nitrogens is 1. The molecule has 3 heterocycles. The highest BCUT2D eigenvalue weighted by molar-refractivity contribution is 7.10. The van der Waals surface area contributed by atoms with Gasteiger partial charge in [0.15, 0.2) is 0 Å². The van der Waals surface area contributed by atoms with Gasteiger partial charge in [-0.1, -0.05) is 12.1 Å². The summed E-state index contributed by atoms with van der Waals surface area (Å²) < 4.78 is 0. The third kappa shape index (κ3) is 4.33. The van der Waals surface area contributed by atoms with Crippen LogP contribution >= 0.6 is 11.3 Å². The van der Waals surface area contributed by atoms with Crippen LogP contribution in [0.1, 0.15) is 29.3 Å². The summed E-state index contributed by atoms with van der Waals surface area (Å²) in [6.45, 7) is 2.32. The summed E-state index contributed by atoms with van der Waals surface area (Å²) in [6, 6.07) is 8.42. The van der Waals surface area contributed by atoms with E-state index in [1.165, 1.54) is 11.3 Å². The van der Waals surface area contributed by atoms with Crippen molar-refractivity contribution in [2.24, 2.45) is 5.92 Å². The second kappa shape index (κ2) is 8.26. The van der Waals surface area contributed by atoms with E-state index in [4.69, 9.17) is 0 Å². The van der Waals surface area contributed by atoms with Crippen LogP contribution in [0.4, 0.5) is 4.79 Å². The van der Waals surface area contributed by atoms with Crippen molar-refractivity contribution >= 4 is 17.4 Å². The van der Waals surface area contributed by atoms with Crippen molar-refractivity contribution in [1.29, 1.82) is 0 Å². The van der Waals surface area contributed by atoms with Crippen molar-refractivity contribution in [1.82, 2.24) is 20.5 Å². The monoisotopic (exact) mass is 344 g/mol. The van der Waals surface area contributed by atoms with Crippen LogP contribution < -0.4 is 10.6 Å². The average Bonchev–Trinajstić information content (AvgIpc) is 3.13. The number of carbonyl (C=O) groups excluding carboxylic acids is 1. The molecule has 1 saturated heterocycles. The lowest BCUT2D eigenvalue weighted by molar-refractivity contribution is 0.123. The van der Waals surface area contributed by atoms with Gasteiger partial charge in [-0.2, -0.15) is 0 Å². The number of nitrogens with zero attached hydrogens (tertiary/aromatic N) is 2. The predicted octanol–water partition coefficient (Wildman–Crippen LogP) is 3.03. The van der Waals surface area contributed by atoms with Crippen molar-refractivity contribution in [2.45, 2.75) is 25.4 Å². The zero-order chi connectivity index (χ0) is 16.8. The molecular weight excluding hydrogens is 320 g/mol. The highest BCUT2D eigenvalue weighted by atomic mass is 32.1. The maximum atomic E-state index is 12.1. The first kappa shape index (κ1) is 16.9. The third-order valence-corrected chi connectivity index (χ3v) is 5.49. The van der Waals surface area contributed by atoms with E-state index in [2.05, 4.69) is 45.1 Å². The molecule has 24 heavy (non-hydrogen) atoms. The van der Waals surface area contributed by atoms with Crippen molar-refractivity contribution in [2.75, 3.05) is 20.1 Å². The lowest BCUT2D eigenvalue weighted by atomic mass is 9.88. The van der Waals surface area contributed by atoms with E-state index >= 15 is 0 Å². The molecule has 0 aromatic carbocycles. The zero-order valence-electron chi connectivity index (χ0n) is 13.9. The Morgan fingerprint density at radius 3 is 3.04 bits per heavy atom. The first-order valence-electron chi connectivity index (χ1n) is 8.38. The Kier molecular flexibility index (Phi) is 5.82. The van der Waals surface area contributed by atoms with E-state index in [0.717, 1.165) is 18.5 Å². The fourth-order valence-corrected chi connectivity index (χ4v) is 4.34. The van der Waals surface area contributed by atoms with Gasteiger partial charge < -0.3 is 10.6 Å². The molecule has 2 aromatic rings. The number of pyridine rings is 1. The Labute approximate surface area is 147 Å². The molecule has 1 fully saturated rings. The van der Waals surface area contributed by atoms with Crippen LogP contribution in [0.2, 0.25) is 0 Å². The Bertz CT molecular complexity index is 632. The highest BCUT2D eigenvalue weighted by Gasteiger charge is 2.31. The molecule has 2 N–H and O–H groups in total. The van der Waals surface area contributed by atoms with Gasteiger partial charge in [-0.25, -0.2) is 4.79 Å². The number of likely N-dealkylation sites (tertiary alicyclic amines) is 1. The fraction of sp³-hybridized carbons (Fsp3) is 0.444. The Morgan fingerprint density at radius 1 is 1.38 bits per heavy atom. The predicted molar refractivity (Wildman–Crippen MR) is 96.9 cm³/mol. The molecular formula is C18H24N4OS. The van der Waals surface area contributed by atoms with Gasteiger partial charge in [0, 0.05) is 36.4 Å². The molecule has 5 nitrogen and oxygen atoms in total. The lowest BCUT2D eigenvalue weighted by Gasteiger charge is -2.38. The third-order valence-electron chi connectivity index (χ3n) is 4.54. The maximum absolute atomic E-state index is 12.1. The fourth-order valence-electron chi connectivity index (χ4n) is 3.35. The van der Waals surface area contributed by atoms with Gasteiger partial charge in [-0.15, -0.1) is 11.3 Å². The number of amides is 2. The molecule has 1 aliphatic rings. The minimum Gasteiger partial charge on any atom is -0.338 e. The Morgan fingerprint density at radius 2 is 2.29 bits per heavy atom. The Balaban J connectivity index is 1.51. The van der Waals surface area contributed by atoms with E-state index in [0.29, 0.717) is 25.0 Å². The summed E-state index contributed by atoms with van der Waals surface area (Å²) in [5, 5.41) is 8.07. The topological polar surface area (TPSA) is 57.3 Å². The first-order valence-corrected chi connectivity index (χ1v) is 9.26. The van der Waals surface area contributed by atoms with Crippen LogP contribution in [-0.4, -0.2) is 36.1 Å². The van der Waals surface area contributed by atoms with Crippen LogP contribution in [0.3, 0.4) is 0 Å². The minimum atomic E-state index is -0.114. The van der Waals surface area contributed by atoms with Crippen LogP contribution in [0.5, 0.6) is 0 Å². The summed E-state index contributed by atoms with van der Waals surface area (Å²) in [6.07, 6.45) is 5.83.